The highest BCUT2D eigenvalue weighted by atomic mass is 32.1. The van der Waals surface area contributed by atoms with Crippen LogP contribution in [0.5, 0.6) is 0 Å². The predicted molar refractivity (Wildman–Crippen MR) is 113 cm³/mol. The summed E-state index contributed by atoms with van der Waals surface area (Å²) in [5.74, 6) is -5.55. The smallest absolute Gasteiger partial charge is 0.338 e. The Labute approximate surface area is 190 Å². The van der Waals surface area contributed by atoms with E-state index in [1.54, 1.807) is 11.6 Å². The van der Waals surface area contributed by atoms with E-state index >= 15 is 0 Å². The summed E-state index contributed by atoms with van der Waals surface area (Å²) in [4.78, 5) is 34.3. The minimum absolute atomic E-state index is 0.0174. The van der Waals surface area contributed by atoms with E-state index in [0.717, 1.165) is 4.90 Å². The van der Waals surface area contributed by atoms with Gasteiger partial charge in [-0.15, -0.1) is 11.3 Å². The van der Waals surface area contributed by atoms with Crippen molar-refractivity contribution in [2.75, 3.05) is 20.2 Å². The molecule has 33 heavy (non-hydrogen) atoms. The molecule has 174 valence electrons. The number of likely N-dealkylation sites (tertiary alicyclic amines) is 1. The second-order valence-electron chi connectivity index (χ2n) is 7.60. The third-order valence-electron chi connectivity index (χ3n) is 5.37. The highest BCUT2D eigenvalue weighted by Gasteiger charge is 2.49. The van der Waals surface area contributed by atoms with Gasteiger partial charge in [-0.25, -0.2) is 22.9 Å². The number of carbonyl (C=O) groups is 2. The third-order valence-corrected chi connectivity index (χ3v) is 6.15. The maximum Gasteiger partial charge on any atom is 0.338 e. The van der Waals surface area contributed by atoms with Crippen molar-refractivity contribution < 1.29 is 32.6 Å². The summed E-state index contributed by atoms with van der Waals surface area (Å²) in [5, 5.41) is 14.6. The Balaban J connectivity index is 1.80. The average molecular weight is 480 g/mol. The number of nitrogens with one attached hydrogen (secondary N) is 1. The lowest BCUT2D eigenvalue weighted by Gasteiger charge is -2.30. The highest BCUT2D eigenvalue weighted by molar-refractivity contribution is 7.11. The maximum absolute atomic E-state index is 14.1. The number of alkyl halides is 2. The lowest BCUT2D eigenvalue weighted by molar-refractivity contribution is -0.142. The van der Waals surface area contributed by atoms with E-state index in [9.17, 15) is 27.9 Å². The van der Waals surface area contributed by atoms with E-state index in [4.69, 9.17) is 4.74 Å². The number of hydrogen-bond acceptors (Lipinski definition) is 8. The molecule has 0 spiro atoms. The van der Waals surface area contributed by atoms with Gasteiger partial charge in [0.25, 0.3) is 5.92 Å². The Morgan fingerprint density at radius 2 is 2.06 bits per heavy atom. The minimum Gasteiger partial charge on any atom is -0.480 e. The third kappa shape index (κ3) is 4.76. The fourth-order valence-corrected chi connectivity index (χ4v) is 4.49. The molecule has 4 rings (SSSR count). The van der Waals surface area contributed by atoms with Gasteiger partial charge in [0.1, 0.15) is 17.9 Å². The number of ether oxygens (including phenoxy) is 1. The van der Waals surface area contributed by atoms with Crippen molar-refractivity contribution in [2.45, 2.75) is 24.4 Å². The van der Waals surface area contributed by atoms with Crippen LogP contribution >= 0.6 is 11.3 Å². The molecule has 0 saturated carbocycles. The number of benzene rings is 1. The van der Waals surface area contributed by atoms with Crippen LogP contribution in [0.15, 0.2) is 52.1 Å². The van der Waals surface area contributed by atoms with Gasteiger partial charge in [0, 0.05) is 30.2 Å². The molecule has 2 atom stereocenters. The number of aliphatic imine (C=N–C) groups is 1. The number of carboxylic acids is 1. The van der Waals surface area contributed by atoms with Gasteiger partial charge in [-0.2, -0.15) is 0 Å². The largest absolute Gasteiger partial charge is 0.480 e. The highest BCUT2D eigenvalue weighted by Crippen LogP contribution is 2.36. The number of carbonyl (C=O) groups excluding carboxylic acids is 1. The van der Waals surface area contributed by atoms with Crippen molar-refractivity contribution in [1.82, 2.24) is 15.2 Å². The number of rotatable bonds is 6. The van der Waals surface area contributed by atoms with Crippen LogP contribution in [0.2, 0.25) is 0 Å². The SMILES string of the molecule is COC(=O)C1=C(CN2CC(F)(F)CC2C(=O)O)NC(c2nccs2)=NC1c1ccc(F)cc1. The first-order chi connectivity index (χ1) is 15.7. The first-order valence-electron chi connectivity index (χ1n) is 9.84. The molecule has 2 aliphatic rings. The average Bonchev–Trinajstić information content (AvgIpc) is 3.41. The second kappa shape index (κ2) is 8.94. The normalized spacial score (nSPS) is 22.6. The first kappa shape index (κ1) is 22.9. The molecule has 0 aliphatic carbocycles. The molecule has 1 aromatic heterocycles. The molecule has 12 heteroatoms. The van der Waals surface area contributed by atoms with Gasteiger partial charge in [0.2, 0.25) is 0 Å². The molecule has 2 aromatic rings. The van der Waals surface area contributed by atoms with Crippen LogP contribution in [0, 0.1) is 5.82 Å². The molecular formula is C21H19F3N4O4S. The van der Waals surface area contributed by atoms with Crippen molar-refractivity contribution in [3.63, 3.8) is 0 Å². The molecule has 2 aliphatic heterocycles. The van der Waals surface area contributed by atoms with Crippen molar-refractivity contribution in [1.29, 1.82) is 0 Å². The van der Waals surface area contributed by atoms with Crippen molar-refractivity contribution in [3.8, 4) is 0 Å². The maximum atomic E-state index is 14.1. The zero-order chi connectivity index (χ0) is 23.8. The fraction of sp³-hybridized carbons (Fsp3) is 0.333. The van der Waals surface area contributed by atoms with Crippen molar-refractivity contribution in [2.24, 2.45) is 4.99 Å². The molecule has 2 unspecified atom stereocenters. The molecule has 2 N–H and O–H groups in total. The number of halogens is 3. The first-order valence-corrected chi connectivity index (χ1v) is 10.7. The quantitative estimate of drug-likeness (QED) is 0.613. The Bertz CT molecular complexity index is 1120. The summed E-state index contributed by atoms with van der Waals surface area (Å²) in [5.41, 5.74) is 0.649. The van der Waals surface area contributed by atoms with Crippen LogP contribution in [-0.4, -0.2) is 64.9 Å². The molecule has 8 nitrogen and oxygen atoms in total. The Morgan fingerprint density at radius 3 is 2.67 bits per heavy atom. The molecular weight excluding hydrogens is 461 g/mol. The lowest BCUT2D eigenvalue weighted by Crippen LogP contribution is -2.43. The summed E-state index contributed by atoms with van der Waals surface area (Å²) >= 11 is 1.26. The Hall–Kier alpha value is -3.25. The number of thiazole rings is 1. The lowest BCUT2D eigenvalue weighted by atomic mass is 9.95. The number of aromatic nitrogens is 1. The van der Waals surface area contributed by atoms with Gasteiger partial charge in [-0.1, -0.05) is 12.1 Å². The molecule has 3 heterocycles. The van der Waals surface area contributed by atoms with E-state index in [0.29, 0.717) is 10.6 Å². The zero-order valence-electron chi connectivity index (χ0n) is 17.3. The van der Waals surface area contributed by atoms with Gasteiger partial charge >= 0.3 is 11.9 Å². The summed E-state index contributed by atoms with van der Waals surface area (Å²) in [6, 6.07) is 2.97. The number of carboxylic acid groups (broad SMARTS) is 1. The van der Waals surface area contributed by atoms with Crippen LogP contribution in [0.25, 0.3) is 0 Å². The van der Waals surface area contributed by atoms with E-state index in [2.05, 4.69) is 15.3 Å². The summed E-state index contributed by atoms with van der Waals surface area (Å²) in [6.45, 7) is -1.08. The summed E-state index contributed by atoms with van der Waals surface area (Å²) in [6.07, 6.45) is 0.718. The van der Waals surface area contributed by atoms with Crippen LogP contribution in [0.1, 0.15) is 23.0 Å². The fourth-order valence-electron chi connectivity index (χ4n) is 3.90. The van der Waals surface area contributed by atoms with Crippen LogP contribution < -0.4 is 5.32 Å². The van der Waals surface area contributed by atoms with Gasteiger partial charge in [0.05, 0.1) is 19.2 Å². The van der Waals surface area contributed by atoms with E-state index in [1.807, 2.05) is 0 Å². The number of methoxy groups -OCH3 is 1. The van der Waals surface area contributed by atoms with Crippen molar-refractivity contribution in [3.05, 3.63) is 63.5 Å². The molecule has 1 fully saturated rings. The Kier molecular flexibility index (Phi) is 6.21. The van der Waals surface area contributed by atoms with Crippen LogP contribution in [0.4, 0.5) is 13.2 Å². The molecule has 1 aromatic carbocycles. The molecule has 0 bridgehead atoms. The summed E-state index contributed by atoms with van der Waals surface area (Å²) in [7, 11) is 1.17. The van der Waals surface area contributed by atoms with Gasteiger partial charge in [-0.3, -0.25) is 14.7 Å². The number of aliphatic carboxylic acids is 1. The standard InChI is InChI=1S/C21H19F3N4O4S/c1-32-20(31)15-13(9-28-10-21(23,24)8-14(28)19(29)30)26-17(18-25-6-7-33-18)27-16(15)11-2-4-12(22)5-3-11/h2-7,14,16H,8-10H2,1H3,(H,26,27)(H,29,30). The van der Waals surface area contributed by atoms with Crippen molar-refractivity contribution >= 4 is 29.1 Å². The van der Waals surface area contributed by atoms with E-state index in [1.165, 1.54) is 42.7 Å². The number of nitrogens with zero attached hydrogens (tertiary/aromatic N) is 3. The second-order valence-corrected chi connectivity index (χ2v) is 8.49. The molecule has 0 radical (unpaired) electrons. The topological polar surface area (TPSA) is 104 Å². The van der Waals surface area contributed by atoms with E-state index < -0.39 is 48.7 Å². The number of esters is 1. The minimum atomic E-state index is -3.19. The van der Waals surface area contributed by atoms with Gasteiger partial charge < -0.3 is 15.2 Å². The monoisotopic (exact) mass is 480 g/mol. The molecule has 1 saturated heterocycles. The van der Waals surface area contributed by atoms with E-state index in [-0.39, 0.29) is 23.7 Å². The predicted octanol–water partition coefficient (Wildman–Crippen LogP) is 2.59. The molecule has 0 amide bonds. The van der Waals surface area contributed by atoms with Gasteiger partial charge in [0.15, 0.2) is 10.8 Å². The van der Waals surface area contributed by atoms with Crippen LogP contribution in [-0.2, 0) is 14.3 Å². The van der Waals surface area contributed by atoms with Crippen LogP contribution in [0.3, 0.4) is 0 Å². The number of amidine groups is 1. The van der Waals surface area contributed by atoms with Gasteiger partial charge in [-0.05, 0) is 17.7 Å². The Morgan fingerprint density at radius 1 is 1.33 bits per heavy atom. The number of hydrogen-bond donors (Lipinski definition) is 2. The summed E-state index contributed by atoms with van der Waals surface area (Å²) < 4.78 is 46.6. The zero-order valence-corrected chi connectivity index (χ0v) is 18.1.